The minimum atomic E-state index is -0.183. The number of hydrogen-bond acceptors (Lipinski definition) is 3. The molecule has 2 aromatic heterocycles. The van der Waals surface area contributed by atoms with Gasteiger partial charge < -0.3 is 0 Å². The third-order valence-corrected chi connectivity index (χ3v) is 5.52. The predicted octanol–water partition coefficient (Wildman–Crippen LogP) is 4.50. The molecule has 1 aromatic carbocycles. The Balaban J connectivity index is 1.57. The van der Waals surface area contributed by atoms with Crippen molar-refractivity contribution in [2.75, 3.05) is 6.54 Å². The van der Waals surface area contributed by atoms with Crippen LogP contribution in [0.3, 0.4) is 0 Å². The van der Waals surface area contributed by atoms with Crippen LogP contribution in [0.5, 0.6) is 0 Å². The van der Waals surface area contributed by atoms with E-state index in [2.05, 4.69) is 35.3 Å². The zero-order valence-electron chi connectivity index (χ0n) is 16.8. The second kappa shape index (κ2) is 7.84. The molecule has 0 bridgehead atoms. The van der Waals surface area contributed by atoms with Gasteiger partial charge in [0.05, 0.1) is 17.4 Å². The maximum absolute atomic E-state index is 13.5. The quantitative estimate of drug-likeness (QED) is 0.656. The van der Waals surface area contributed by atoms with Crippen LogP contribution in [0.25, 0.3) is 0 Å². The summed E-state index contributed by atoms with van der Waals surface area (Å²) in [7, 11) is 1.97. The summed E-state index contributed by atoms with van der Waals surface area (Å²) in [5, 5.41) is 4.48. The number of hydrogen-bond donors (Lipinski definition) is 0. The molecule has 28 heavy (non-hydrogen) atoms. The van der Waals surface area contributed by atoms with E-state index in [-0.39, 0.29) is 5.82 Å². The molecule has 0 amide bonds. The first-order valence-corrected chi connectivity index (χ1v) is 9.93. The smallest absolute Gasteiger partial charge is 0.123 e. The summed E-state index contributed by atoms with van der Waals surface area (Å²) in [6.45, 7) is 6.10. The monoisotopic (exact) mass is 378 g/mol. The lowest BCUT2D eigenvalue weighted by atomic mass is 10.0. The average molecular weight is 378 g/mol. The molecule has 146 valence electrons. The van der Waals surface area contributed by atoms with Crippen molar-refractivity contribution >= 4 is 0 Å². The highest BCUT2D eigenvalue weighted by Gasteiger charge is 2.28. The number of aromatic nitrogens is 3. The molecular formula is C23H27FN4. The predicted molar refractivity (Wildman–Crippen MR) is 109 cm³/mol. The zero-order valence-corrected chi connectivity index (χ0v) is 16.8. The number of pyridine rings is 1. The van der Waals surface area contributed by atoms with Crippen molar-refractivity contribution in [3.05, 3.63) is 82.2 Å². The van der Waals surface area contributed by atoms with Crippen LogP contribution >= 0.6 is 0 Å². The van der Waals surface area contributed by atoms with E-state index in [0.717, 1.165) is 48.6 Å². The fraction of sp³-hybridized carbons (Fsp3) is 0.391. The molecule has 1 atom stereocenters. The molecule has 1 fully saturated rings. The Labute approximate surface area is 166 Å². The van der Waals surface area contributed by atoms with Crippen LogP contribution in [-0.4, -0.2) is 26.2 Å². The van der Waals surface area contributed by atoms with E-state index in [1.54, 1.807) is 12.1 Å². The standard InChI is InChI=1S/C23H27FN4/c1-16-10-19(11-18-6-4-7-21(24)12-18)13-22(25-16)23-8-5-9-28(23)15-20-14-27(3)26-17(20)2/h4,6-7,10,12-14,23H,5,8-9,11,15H2,1-3H3. The maximum Gasteiger partial charge on any atom is 0.123 e. The van der Waals surface area contributed by atoms with Gasteiger partial charge >= 0.3 is 0 Å². The molecule has 4 rings (SSSR count). The van der Waals surface area contributed by atoms with Gasteiger partial charge in [0, 0.05) is 31.0 Å². The van der Waals surface area contributed by atoms with Gasteiger partial charge in [0.2, 0.25) is 0 Å². The van der Waals surface area contributed by atoms with Crippen molar-refractivity contribution in [1.82, 2.24) is 19.7 Å². The summed E-state index contributed by atoms with van der Waals surface area (Å²) < 4.78 is 15.4. The van der Waals surface area contributed by atoms with Gasteiger partial charge in [-0.15, -0.1) is 0 Å². The number of halogens is 1. The molecule has 5 heteroatoms. The maximum atomic E-state index is 13.5. The minimum Gasteiger partial charge on any atom is -0.290 e. The lowest BCUT2D eigenvalue weighted by molar-refractivity contribution is 0.243. The first-order chi connectivity index (χ1) is 13.5. The molecule has 3 heterocycles. The summed E-state index contributed by atoms with van der Waals surface area (Å²) >= 11 is 0. The van der Waals surface area contributed by atoms with Gasteiger partial charge in [0.25, 0.3) is 0 Å². The van der Waals surface area contributed by atoms with Gasteiger partial charge in [0.15, 0.2) is 0 Å². The molecular weight excluding hydrogens is 351 g/mol. The fourth-order valence-electron chi connectivity index (χ4n) is 4.30. The molecule has 0 saturated carbocycles. The number of nitrogens with zero attached hydrogens (tertiary/aromatic N) is 4. The van der Waals surface area contributed by atoms with Crippen molar-refractivity contribution < 1.29 is 4.39 Å². The SMILES string of the molecule is Cc1cc(Cc2cccc(F)c2)cc(C2CCCN2Cc2cn(C)nc2C)n1. The Morgan fingerprint density at radius 1 is 1.14 bits per heavy atom. The molecule has 3 aromatic rings. The van der Waals surface area contributed by atoms with E-state index in [4.69, 9.17) is 4.98 Å². The molecule has 0 radical (unpaired) electrons. The Bertz CT molecular complexity index is 978. The van der Waals surface area contributed by atoms with Gasteiger partial charge in [-0.3, -0.25) is 14.6 Å². The Morgan fingerprint density at radius 3 is 2.75 bits per heavy atom. The van der Waals surface area contributed by atoms with Crippen molar-refractivity contribution in [3.63, 3.8) is 0 Å². The van der Waals surface area contributed by atoms with Gasteiger partial charge in [-0.1, -0.05) is 12.1 Å². The van der Waals surface area contributed by atoms with Crippen LogP contribution in [0, 0.1) is 19.7 Å². The Hall–Kier alpha value is -2.53. The summed E-state index contributed by atoms with van der Waals surface area (Å²) in [6, 6.07) is 11.5. The van der Waals surface area contributed by atoms with Crippen molar-refractivity contribution in [2.24, 2.45) is 7.05 Å². The normalized spacial score (nSPS) is 17.4. The first-order valence-electron chi connectivity index (χ1n) is 9.93. The first kappa shape index (κ1) is 18.8. The second-order valence-electron chi connectivity index (χ2n) is 7.89. The summed E-state index contributed by atoms with van der Waals surface area (Å²) in [5.41, 5.74) is 6.71. The van der Waals surface area contributed by atoms with Crippen LogP contribution in [-0.2, 0) is 20.0 Å². The van der Waals surface area contributed by atoms with E-state index < -0.39 is 0 Å². The molecule has 1 aliphatic rings. The van der Waals surface area contributed by atoms with Crippen LogP contribution in [0.1, 0.15) is 52.7 Å². The highest BCUT2D eigenvalue weighted by atomic mass is 19.1. The molecule has 0 aliphatic carbocycles. The third-order valence-electron chi connectivity index (χ3n) is 5.52. The van der Waals surface area contributed by atoms with Gasteiger partial charge in [0.1, 0.15) is 5.82 Å². The summed E-state index contributed by atoms with van der Waals surface area (Å²) in [5.74, 6) is -0.183. The van der Waals surface area contributed by atoms with E-state index in [1.807, 2.05) is 24.7 Å². The second-order valence-corrected chi connectivity index (χ2v) is 7.89. The minimum absolute atomic E-state index is 0.183. The summed E-state index contributed by atoms with van der Waals surface area (Å²) in [4.78, 5) is 7.37. The van der Waals surface area contributed by atoms with Crippen LogP contribution in [0.4, 0.5) is 4.39 Å². The molecule has 0 N–H and O–H groups in total. The summed E-state index contributed by atoms with van der Waals surface area (Å²) in [6.07, 6.45) is 5.14. The Kier molecular flexibility index (Phi) is 5.27. The number of likely N-dealkylation sites (tertiary alicyclic amines) is 1. The van der Waals surface area contributed by atoms with Crippen LogP contribution < -0.4 is 0 Å². The zero-order chi connectivity index (χ0) is 19.7. The molecule has 0 spiro atoms. The van der Waals surface area contributed by atoms with E-state index >= 15 is 0 Å². The highest BCUT2D eigenvalue weighted by molar-refractivity contribution is 5.30. The van der Waals surface area contributed by atoms with E-state index in [9.17, 15) is 4.39 Å². The van der Waals surface area contributed by atoms with E-state index in [0.29, 0.717) is 6.04 Å². The average Bonchev–Trinajstić information content (AvgIpc) is 3.21. The topological polar surface area (TPSA) is 34.0 Å². The number of benzene rings is 1. The van der Waals surface area contributed by atoms with Crippen LogP contribution in [0.2, 0.25) is 0 Å². The highest BCUT2D eigenvalue weighted by Crippen LogP contribution is 2.33. The third kappa shape index (κ3) is 4.14. The van der Waals surface area contributed by atoms with Crippen molar-refractivity contribution in [2.45, 2.75) is 45.7 Å². The fourth-order valence-corrected chi connectivity index (χ4v) is 4.30. The largest absolute Gasteiger partial charge is 0.290 e. The lowest BCUT2D eigenvalue weighted by Crippen LogP contribution is -2.24. The van der Waals surface area contributed by atoms with Gasteiger partial charge in [-0.2, -0.15) is 5.10 Å². The molecule has 1 saturated heterocycles. The lowest BCUT2D eigenvalue weighted by Gasteiger charge is -2.24. The molecule has 1 unspecified atom stereocenters. The van der Waals surface area contributed by atoms with Gasteiger partial charge in [-0.05, 0) is 75.0 Å². The number of aryl methyl sites for hydroxylation is 3. The Morgan fingerprint density at radius 2 is 2.00 bits per heavy atom. The molecule has 1 aliphatic heterocycles. The van der Waals surface area contributed by atoms with Crippen molar-refractivity contribution in [1.29, 1.82) is 0 Å². The van der Waals surface area contributed by atoms with Gasteiger partial charge in [-0.25, -0.2) is 4.39 Å². The van der Waals surface area contributed by atoms with E-state index in [1.165, 1.54) is 23.6 Å². The number of rotatable bonds is 5. The van der Waals surface area contributed by atoms with Crippen molar-refractivity contribution in [3.8, 4) is 0 Å². The van der Waals surface area contributed by atoms with Crippen LogP contribution in [0.15, 0.2) is 42.6 Å². The molecule has 4 nitrogen and oxygen atoms in total.